The van der Waals surface area contributed by atoms with Gasteiger partial charge in [0.2, 0.25) is 6.79 Å². The molecule has 0 unspecified atom stereocenters. The minimum Gasteiger partial charge on any atom is -0.454 e. The van der Waals surface area contributed by atoms with Gasteiger partial charge >= 0.3 is 6.03 Å². The lowest BCUT2D eigenvalue weighted by molar-refractivity contribution is 0.173. The number of rotatable bonds is 5. The molecule has 2 amide bonds. The average molecular weight is 316 g/mol. The molecule has 0 aromatic heterocycles. The van der Waals surface area contributed by atoms with Crippen molar-refractivity contribution in [3.05, 3.63) is 22.2 Å². The van der Waals surface area contributed by atoms with Crippen LogP contribution in [-0.4, -0.2) is 25.9 Å². The van der Waals surface area contributed by atoms with E-state index in [2.05, 4.69) is 26.6 Å². The number of ether oxygens (including phenoxy) is 2. The summed E-state index contributed by atoms with van der Waals surface area (Å²) >= 11 is 3.43. The Kier molecular flexibility index (Phi) is 4.27. The van der Waals surface area contributed by atoms with E-state index in [1.165, 1.54) is 0 Å². The van der Waals surface area contributed by atoms with Crippen LogP contribution in [0, 0.1) is 0 Å². The van der Waals surface area contributed by atoms with E-state index in [4.69, 9.17) is 15.2 Å². The molecule has 0 radical (unpaired) electrons. The minimum absolute atomic E-state index is 0.257. The topological polar surface area (TPSA) is 85.6 Å². The fourth-order valence-corrected chi connectivity index (χ4v) is 2.23. The van der Waals surface area contributed by atoms with E-state index >= 15 is 0 Å². The van der Waals surface area contributed by atoms with E-state index in [9.17, 15) is 4.79 Å². The number of fused-ring (bicyclic) bond motifs is 1. The van der Waals surface area contributed by atoms with Crippen molar-refractivity contribution in [3.8, 4) is 11.5 Å². The van der Waals surface area contributed by atoms with Gasteiger partial charge in [-0.25, -0.2) is 4.79 Å². The molecule has 1 aliphatic rings. The third kappa shape index (κ3) is 3.27. The molecule has 2 rings (SSSR count). The molecule has 0 bridgehead atoms. The summed E-state index contributed by atoms with van der Waals surface area (Å²) in [6, 6.07) is 3.39. The van der Waals surface area contributed by atoms with Gasteiger partial charge in [0.25, 0.3) is 0 Å². The third-order valence-corrected chi connectivity index (χ3v) is 3.01. The molecule has 18 heavy (non-hydrogen) atoms. The maximum atomic E-state index is 10.5. The van der Waals surface area contributed by atoms with Crippen molar-refractivity contribution in [2.24, 2.45) is 5.73 Å². The highest BCUT2D eigenvalue weighted by molar-refractivity contribution is 9.10. The zero-order chi connectivity index (χ0) is 13.0. The predicted molar refractivity (Wildman–Crippen MR) is 69.6 cm³/mol. The van der Waals surface area contributed by atoms with Crippen molar-refractivity contribution in [1.29, 1.82) is 0 Å². The van der Waals surface area contributed by atoms with E-state index < -0.39 is 6.03 Å². The molecule has 1 aromatic carbocycles. The van der Waals surface area contributed by atoms with Crippen molar-refractivity contribution in [2.75, 3.05) is 19.9 Å². The zero-order valence-corrected chi connectivity index (χ0v) is 11.2. The van der Waals surface area contributed by atoms with Crippen molar-refractivity contribution in [2.45, 2.75) is 6.54 Å². The number of nitrogens with two attached hydrogens (primary N) is 1. The highest BCUT2D eigenvalue weighted by Gasteiger charge is 2.17. The molecule has 1 aliphatic heterocycles. The first-order chi connectivity index (χ1) is 8.66. The second-order valence-corrected chi connectivity index (χ2v) is 4.63. The standard InChI is InChI=1S/C11H14BrN3O3/c12-8-3-7(4-9-10(8)18-6-17-9)5-14-1-2-15-11(13)16/h3-4,14H,1-2,5-6H2,(H3,13,15,16). The van der Waals surface area contributed by atoms with Gasteiger partial charge in [0.05, 0.1) is 4.47 Å². The first-order valence-corrected chi connectivity index (χ1v) is 6.28. The minimum atomic E-state index is -0.511. The zero-order valence-electron chi connectivity index (χ0n) is 9.66. The van der Waals surface area contributed by atoms with Crippen LogP contribution in [0.5, 0.6) is 11.5 Å². The lowest BCUT2D eigenvalue weighted by atomic mass is 10.2. The molecule has 7 heteroatoms. The summed E-state index contributed by atoms with van der Waals surface area (Å²) in [4.78, 5) is 10.5. The van der Waals surface area contributed by atoms with Crippen molar-refractivity contribution in [1.82, 2.24) is 10.6 Å². The summed E-state index contributed by atoms with van der Waals surface area (Å²) in [5.74, 6) is 1.49. The Balaban J connectivity index is 1.83. The maximum absolute atomic E-state index is 10.5. The lowest BCUT2D eigenvalue weighted by Crippen LogP contribution is -2.35. The van der Waals surface area contributed by atoms with Gasteiger partial charge in [-0.1, -0.05) is 0 Å². The van der Waals surface area contributed by atoms with Crippen molar-refractivity contribution < 1.29 is 14.3 Å². The number of carbonyl (C=O) groups excluding carboxylic acids is 1. The van der Waals surface area contributed by atoms with Gasteiger partial charge in [-0.15, -0.1) is 0 Å². The van der Waals surface area contributed by atoms with Crippen LogP contribution < -0.4 is 25.8 Å². The number of hydrogen-bond donors (Lipinski definition) is 3. The number of nitrogens with one attached hydrogen (secondary N) is 2. The second kappa shape index (κ2) is 5.92. The summed E-state index contributed by atoms with van der Waals surface area (Å²) in [6.07, 6.45) is 0. The van der Waals surface area contributed by atoms with Crippen LogP contribution in [0.15, 0.2) is 16.6 Å². The fraction of sp³-hybridized carbons (Fsp3) is 0.364. The molecule has 0 aliphatic carbocycles. The summed E-state index contributed by atoms with van der Waals surface area (Å²) in [5.41, 5.74) is 6.03. The quantitative estimate of drug-likeness (QED) is 0.706. The van der Waals surface area contributed by atoms with E-state index in [1.807, 2.05) is 12.1 Å². The van der Waals surface area contributed by atoms with Crippen LogP contribution in [0.4, 0.5) is 4.79 Å². The van der Waals surface area contributed by atoms with E-state index in [-0.39, 0.29) is 6.79 Å². The maximum Gasteiger partial charge on any atom is 0.312 e. The Bertz CT molecular complexity index is 453. The number of urea groups is 1. The number of amides is 2. The highest BCUT2D eigenvalue weighted by Crippen LogP contribution is 2.39. The Hall–Kier alpha value is -1.47. The van der Waals surface area contributed by atoms with Crippen molar-refractivity contribution >= 4 is 22.0 Å². The number of carbonyl (C=O) groups is 1. The molecule has 0 saturated carbocycles. The number of benzene rings is 1. The van der Waals surface area contributed by atoms with E-state index in [0.29, 0.717) is 19.6 Å². The predicted octanol–water partition coefficient (Wildman–Crippen LogP) is 0.936. The smallest absolute Gasteiger partial charge is 0.312 e. The SMILES string of the molecule is NC(=O)NCCNCc1cc(Br)c2c(c1)OCO2. The molecule has 0 spiro atoms. The highest BCUT2D eigenvalue weighted by atomic mass is 79.9. The first kappa shape index (κ1) is 13.0. The number of primary amides is 1. The van der Waals surface area contributed by atoms with Gasteiger partial charge in [0.1, 0.15) is 0 Å². The summed E-state index contributed by atoms with van der Waals surface area (Å²) in [6.45, 7) is 2.08. The molecule has 98 valence electrons. The molecular formula is C11H14BrN3O3. The number of hydrogen-bond acceptors (Lipinski definition) is 4. The molecule has 0 atom stereocenters. The Morgan fingerprint density at radius 2 is 2.22 bits per heavy atom. The number of halogens is 1. The third-order valence-electron chi connectivity index (χ3n) is 2.42. The average Bonchev–Trinajstić information content (AvgIpc) is 2.77. The molecule has 6 nitrogen and oxygen atoms in total. The fourth-order valence-electron chi connectivity index (χ4n) is 1.63. The van der Waals surface area contributed by atoms with Gasteiger partial charge in [0.15, 0.2) is 11.5 Å². The monoisotopic (exact) mass is 315 g/mol. The van der Waals surface area contributed by atoms with Crippen LogP contribution in [-0.2, 0) is 6.54 Å². The Labute approximate surface area is 113 Å². The van der Waals surface area contributed by atoms with Gasteiger partial charge in [0, 0.05) is 19.6 Å². The van der Waals surface area contributed by atoms with Gasteiger partial charge in [-0.2, -0.15) is 0 Å². The van der Waals surface area contributed by atoms with Crippen LogP contribution in [0.25, 0.3) is 0 Å². The molecular weight excluding hydrogens is 302 g/mol. The van der Waals surface area contributed by atoms with Crippen LogP contribution >= 0.6 is 15.9 Å². The largest absolute Gasteiger partial charge is 0.454 e. The normalized spacial score (nSPS) is 12.5. The van der Waals surface area contributed by atoms with E-state index in [1.54, 1.807) is 0 Å². The van der Waals surface area contributed by atoms with Gasteiger partial charge in [-0.3, -0.25) is 0 Å². The molecule has 0 saturated heterocycles. The van der Waals surface area contributed by atoms with Gasteiger partial charge < -0.3 is 25.8 Å². The summed E-state index contributed by atoms with van der Waals surface area (Å²) in [5, 5.41) is 5.70. The molecule has 4 N–H and O–H groups in total. The van der Waals surface area contributed by atoms with Crippen molar-refractivity contribution in [3.63, 3.8) is 0 Å². The summed E-state index contributed by atoms with van der Waals surface area (Å²) < 4.78 is 11.5. The Morgan fingerprint density at radius 3 is 3.00 bits per heavy atom. The molecule has 0 fully saturated rings. The second-order valence-electron chi connectivity index (χ2n) is 3.78. The lowest BCUT2D eigenvalue weighted by Gasteiger charge is -2.07. The van der Waals surface area contributed by atoms with Crippen LogP contribution in [0.2, 0.25) is 0 Å². The molecule has 1 heterocycles. The summed E-state index contributed by atoms with van der Waals surface area (Å²) in [7, 11) is 0. The van der Waals surface area contributed by atoms with E-state index in [0.717, 1.165) is 21.5 Å². The molecule has 1 aromatic rings. The van der Waals surface area contributed by atoms with Gasteiger partial charge in [-0.05, 0) is 33.6 Å². The first-order valence-electron chi connectivity index (χ1n) is 5.49. The Morgan fingerprint density at radius 1 is 1.39 bits per heavy atom. The van der Waals surface area contributed by atoms with Crippen LogP contribution in [0.1, 0.15) is 5.56 Å². The van der Waals surface area contributed by atoms with Crippen LogP contribution in [0.3, 0.4) is 0 Å².